The van der Waals surface area contributed by atoms with Crippen molar-refractivity contribution in [2.45, 2.75) is 38.0 Å². The Morgan fingerprint density at radius 3 is 2.30 bits per heavy atom. The molecule has 0 aliphatic carbocycles. The van der Waals surface area contributed by atoms with E-state index in [1.165, 1.54) is 0 Å². The van der Waals surface area contributed by atoms with Crippen LogP contribution in [0.15, 0.2) is 41.3 Å². The molecule has 0 unspecified atom stereocenters. The fourth-order valence-electron chi connectivity index (χ4n) is 2.34. The second-order valence-corrected chi connectivity index (χ2v) is 6.98. The topological polar surface area (TPSA) is 0 Å². The Balaban J connectivity index is 2.65. The third-order valence-corrected chi connectivity index (χ3v) is 4.27. The van der Waals surface area contributed by atoms with Crippen LogP contribution in [-0.2, 0) is 5.41 Å². The van der Waals surface area contributed by atoms with Gasteiger partial charge < -0.3 is 0 Å². The quantitative estimate of drug-likeness (QED) is 0.627. The molecule has 2 heteroatoms. The van der Waals surface area contributed by atoms with Crippen LogP contribution in [0.1, 0.15) is 31.9 Å². The van der Waals surface area contributed by atoms with E-state index in [1.54, 1.807) is 11.8 Å². The minimum atomic E-state index is -0.189. The number of hydrogen-bond donors (Lipinski definition) is 0. The largest absolute Gasteiger partial charge is 0.206 e. The fourth-order valence-corrected chi connectivity index (χ4v) is 2.78. The molecule has 20 heavy (non-hydrogen) atoms. The van der Waals surface area contributed by atoms with E-state index in [4.69, 9.17) is 0 Å². The number of hydrogen-bond acceptors (Lipinski definition) is 1. The van der Waals surface area contributed by atoms with Gasteiger partial charge in [0.05, 0.1) is 0 Å². The molecule has 0 spiro atoms. The SMILES string of the molecule is CSc1ccc(C)c(-c2cccc(C(C)(C)C)c2F)c1. The lowest BCUT2D eigenvalue weighted by molar-refractivity contribution is 0.525. The van der Waals surface area contributed by atoms with Crippen molar-refractivity contribution in [2.24, 2.45) is 0 Å². The van der Waals surface area contributed by atoms with Crippen LogP contribution in [0.4, 0.5) is 4.39 Å². The molecule has 0 fully saturated rings. The molecule has 2 aromatic carbocycles. The molecule has 0 nitrogen and oxygen atoms in total. The van der Waals surface area contributed by atoms with Crippen molar-refractivity contribution in [1.29, 1.82) is 0 Å². The monoisotopic (exact) mass is 288 g/mol. The molecule has 0 bridgehead atoms. The van der Waals surface area contributed by atoms with E-state index in [-0.39, 0.29) is 11.2 Å². The number of rotatable bonds is 2. The lowest BCUT2D eigenvalue weighted by Crippen LogP contribution is -2.14. The third-order valence-electron chi connectivity index (χ3n) is 3.54. The van der Waals surface area contributed by atoms with Gasteiger partial charge in [-0.3, -0.25) is 0 Å². The van der Waals surface area contributed by atoms with E-state index in [9.17, 15) is 4.39 Å². The zero-order valence-electron chi connectivity index (χ0n) is 12.8. The molecule has 0 heterocycles. The normalized spacial score (nSPS) is 11.7. The van der Waals surface area contributed by atoms with Crippen LogP contribution in [-0.4, -0.2) is 6.26 Å². The zero-order valence-corrected chi connectivity index (χ0v) is 13.6. The molecular formula is C18H21FS. The molecule has 0 radical (unpaired) electrons. The molecule has 0 aliphatic heterocycles. The molecule has 106 valence electrons. The van der Waals surface area contributed by atoms with Gasteiger partial charge in [0.1, 0.15) is 5.82 Å². The van der Waals surface area contributed by atoms with Gasteiger partial charge in [0.2, 0.25) is 0 Å². The van der Waals surface area contributed by atoms with Crippen molar-refractivity contribution in [1.82, 2.24) is 0 Å². The van der Waals surface area contributed by atoms with Gasteiger partial charge in [-0.25, -0.2) is 4.39 Å². The molecule has 2 rings (SSSR count). The van der Waals surface area contributed by atoms with E-state index in [1.807, 2.05) is 52.1 Å². The van der Waals surface area contributed by atoms with E-state index in [0.717, 1.165) is 21.6 Å². The first-order chi connectivity index (χ1) is 9.34. The third kappa shape index (κ3) is 2.90. The Morgan fingerprint density at radius 1 is 1.00 bits per heavy atom. The van der Waals surface area contributed by atoms with Crippen molar-refractivity contribution in [3.8, 4) is 11.1 Å². The predicted octanol–water partition coefficient (Wildman–Crippen LogP) is 5.82. The van der Waals surface area contributed by atoms with Gasteiger partial charge in [0.15, 0.2) is 0 Å². The van der Waals surface area contributed by atoms with Gasteiger partial charge in [-0.2, -0.15) is 0 Å². The van der Waals surface area contributed by atoms with E-state index < -0.39 is 0 Å². The Bertz CT molecular complexity index is 624. The highest BCUT2D eigenvalue weighted by molar-refractivity contribution is 7.98. The second-order valence-electron chi connectivity index (χ2n) is 6.10. The summed E-state index contributed by atoms with van der Waals surface area (Å²) in [6.07, 6.45) is 2.04. The average Bonchev–Trinajstić information content (AvgIpc) is 2.38. The maximum Gasteiger partial charge on any atom is 0.134 e. The summed E-state index contributed by atoms with van der Waals surface area (Å²) in [5, 5.41) is 0. The van der Waals surface area contributed by atoms with Gasteiger partial charge in [-0.05, 0) is 47.4 Å². The Hall–Kier alpha value is -1.28. The maximum absolute atomic E-state index is 14.9. The highest BCUT2D eigenvalue weighted by Crippen LogP contribution is 2.34. The minimum absolute atomic E-state index is 0.0960. The number of aryl methyl sites for hydroxylation is 1. The molecular weight excluding hydrogens is 267 g/mol. The van der Waals surface area contributed by atoms with Crippen LogP contribution in [0, 0.1) is 12.7 Å². The first kappa shape index (κ1) is 15.1. The summed E-state index contributed by atoms with van der Waals surface area (Å²) < 4.78 is 14.9. The summed E-state index contributed by atoms with van der Waals surface area (Å²) >= 11 is 1.68. The smallest absolute Gasteiger partial charge is 0.134 e. The van der Waals surface area contributed by atoms with Crippen molar-refractivity contribution in [3.63, 3.8) is 0 Å². The fraction of sp³-hybridized carbons (Fsp3) is 0.333. The summed E-state index contributed by atoms with van der Waals surface area (Å²) in [5.74, 6) is -0.0960. The second kappa shape index (κ2) is 5.61. The average molecular weight is 288 g/mol. The molecule has 0 saturated heterocycles. The van der Waals surface area contributed by atoms with E-state index in [0.29, 0.717) is 5.56 Å². The first-order valence-electron chi connectivity index (χ1n) is 6.78. The lowest BCUT2D eigenvalue weighted by Gasteiger charge is -2.21. The van der Waals surface area contributed by atoms with Crippen LogP contribution in [0.2, 0.25) is 0 Å². The number of thioether (sulfide) groups is 1. The van der Waals surface area contributed by atoms with Crippen molar-refractivity contribution < 1.29 is 4.39 Å². The highest BCUT2D eigenvalue weighted by atomic mass is 32.2. The molecule has 0 atom stereocenters. The predicted molar refractivity (Wildman–Crippen MR) is 87.1 cm³/mol. The highest BCUT2D eigenvalue weighted by Gasteiger charge is 2.21. The first-order valence-corrected chi connectivity index (χ1v) is 8.01. The Kier molecular flexibility index (Phi) is 4.24. The van der Waals surface area contributed by atoms with Crippen LogP contribution in [0.3, 0.4) is 0 Å². The van der Waals surface area contributed by atoms with Gasteiger partial charge in [0, 0.05) is 10.5 Å². The van der Waals surface area contributed by atoms with Crippen molar-refractivity contribution in [3.05, 3.63) is 53.3 Å². The van der Waals surface area contributed by atoms with Crippen LogP contribution in [0.5, 0.6) is 0 Å². The summed E-state index contributed by atoms with van der Waals surface area (Å²) in [5.41, 5.74) is 3.37. The molecule has 0 N–H and O–H groups in total. The van der Waals surface area contributed by atoms with Gasteiger partial charge in [-0.1, -0.05) is 45.0 Å². The molecule has 0 aromatic heterocycles. The Morgan fingerprint density at radius 2 is 1.70 bits per heavy atom. The van der Waals surface area contributed by atoms with Gasteiger partial charge >= 0.3 is 0 Å². The molecule has 0 saturated carbocycles. The number of benzene rings is 2. The van der Waals surface area contributed by atoms with Crippen molar-refractivity contribution >= 4 is 11.8 Å². The van der Waals surface area contributed by atoms with Crippen LogP contribution < -0.4 is 0 Å². The van der Waals surface area contributed by atoms with Crippen LogP contribution in [0.25, 0.3) is 11.1 Å². The van der Waals surface area contributed by atoms with Gasteiger partial charge in [0.25, 0.3) is 0 Å². The minimum Gasteiger partial charge on any atom is -0.206 e. The molecule has 2 aromatic rings. The van der Waals surface area contributed by atoms with Crippen molar-refractivity contribution in [2.75, 3.05) is 6.26 Å². The summed E-state index contributed by atoms with van der Waals surface area (Å²) in [4.78, 5) is 1.16. The summed E-state index contributed by atoms with van der Waals surface area (Å²) in [6, 6.07) is 11.9. The zero-order chi connectivity index (χ0) is 14.9. The van der Waals surface area contributed by atoms with E-state index >= 15 is 0 Å². The maximum atomic E-state index is 14.9. The molecule has 0 aliphatic rings. The molecule has 0 amide bonds. The standard InChI is InChI=1S/C18H21FS/c1-12-9-10-13(20-5)11-15(12)14-7-6-8-16(17(14)19)18(2,3)4/h6-11H,1-5H3. The number of halogens is 1. The lowest BCUT2D eigenvalue weighted by atomic mass is 9.84. The summed E-state index contributed by atoms with van der Waals surface area (Å²) in [6.45, 7) is 8.16. The van der Waals surface area contributed by atoms with E-state index in [2.05, 4.69) is 18.2 Å². The summed E-state index contributed by atoms with van der Waals surface area (Å²) in [7, 11) is 0. The van der Waals surface area contributed by atoms with Crippen LogP contribution >= 0.6 is 11.8 Å². The Labute approximate surface area is 125 Å². The van der Waals surface area contributed by atoms with Gasteiger partial charge in [-0.15, -0.1) is 11.8 Å².